The van der Waals surface area contributed by atoms with Crippen LogP contribution in [0.3, 0.4) is 0 Å². The lowest BCUT2D eigenvalue weighted by Gasteiger charge is -1.99. The highest BCUT2D eigenvalue weighted by Gasteiger charge is 2.10. The fourth-order valence-corrected chi connectivity index (χ4v) is 2.74. The molecule has 1 saturated carbocycles. The van der Waals surface area contributed by atoms with Gasteiger partial charge in [-0.05, 0) is 37.8 Å². The predicted octanol–water partition coefficient (Wildman–Crippen LogP) is 2.97. The van der Waals surface area contributed by atoms with Gasteiger partial charge in [0.15, 0.2) is 5.58 Å². The van der Waals surface area contributed by atoms with E-state index in [4.69, 9.17) is 4.42 Å². The Labute approximate surface area is 120 Å². The summed E-state index contributed by atoms with van der Waals surface area (Å²) in [6.45, 7) is 0. The number of nitrogens with zero attached hydrogens (tertiary/aromatic N) is 2. The van der Waals surface area contributed by atoms with Gasteiger partial charge in [0.1, 0.15) is 5.52 Å². The molecule has 0 radical (unpaired) electrons. The Morgan fingerprint density at radius 3 is 2.95 bits per heavy atom. The van der Waals surface area contributed by atoms with Crippen LogP contribution >= 0.6 is 11.8 Å². The highest BCUT2D eigenvalue weighted by Crippen LogP contribution is 2.22. The van der Waals surface area contributed by atoms with Crippen molar-refractivity contribution in [3.05, 3.63) is 24.3 Å². The van der Waals surface area contributed by atoms with Gasteiger partial charge in [-0.25, -0.2) is 10.4 Å². The van der Waals surface area contributed by atoms with Gasteiger partial charge in [0.2, 0.25) is 0 Å². The second-order valence-corrected chi connectivity index (χ2v) is 5.58. The summed E-state index contributed by atoms with van der Waals surface area (Å²) in [5, 5.41) is 4.64. The SMILES string of the molecule is O=C(CSc1nc2ccccc2o1)NN=C1CCCC1. The standard InChI is InChI=1S/C14H15N3O2S/c18-13(17-16-10-5-1-2-6-10)9-20-14-15-11-7-3-4-8-12(11)19-14/h3-4,7-8H,1-2,5-6,9H2,(H,17,18). The number of benzene rings is 1. The molecular formula is C14H15N3O2S. The molecule has 1 amide bonds. The molecule has 2 aromatic rings. The van der Waals surface area contributed by atoms with Crippen LogP contribution in [0.4, 0.5) is 0 Å². The molecule has 6 heteroatoms. The summed E-state index contributed by atoms with van der Waals surface area (Å²) >= 11 is 1.28. The molecule has 0 spiro atoms. The van der Waals surface area contributed by atoms with Crippen LogP contribution in [0.1, 0.15) is 25.7 Å². The van der Waals surface area contributed by atoms with Gasteiger partial charge in [0, 0.05) is 5.71 Å². The Bertz CT molecular complexity index is 610. The van der Waals surface area contributed by atoms with Crippen LogP contribution in [-0.4, -0.2) is 22.4 Å². The lowest BCUT2D eigenvalue weighted by atomic mass is 10.3. The molecule has 0 unspecified atom stereocenters. The first-order chi connectivity index (χ1) is 9.81. The maximum Gasteiger partial charge on any atom is 0.257 e. The third kappa shape index (κ3) is 3.19. The summed E-state index contributed by atoms with van der Waals surface area (Å²) in [7, 11) is 0. The molecule has 0 bridgehead atoms. The summed E-state index contributed by atoms with van der Waals surface area (Å²) < 4.78 is 5.53. The van der Waals surface area contributed by atoms with Gasteiger partial charge in [-0.1, -0.05) is 23.9 Å². The van der Waals surface area contributed by atoms with Crippen LogP contribution in [0.25, 0.3) is 11.1 Å². The van der Waals surface area contributed by atoms with Crippen LogP contribution in [-0.2, 0) is 4.79 Å². The molecule has 1 aliphatic rings. The van der Waals surface area contributed by atoms with E-state index in [1.807, 2.05) is 24.3 Å². The second kappa shape index (κ2) is 6.09. The molecule has 0 atom stereocenters. The summed E-state index contributed by atoms with van der Waals surface area (Å²) in [6, 6.07) is 7.55. The van der Waals surface area contributed by atoms with Crippen molar-refractivity contribution in [2.45, 2.75) is 30.9 Å². The molecule has 5 nitrogen and oxygen atoms in total. The summed E-state index contributed by atoms with van der Waals surface area (Å²) in [4.78, 5) is 16.0. The molecule has 1 aromatic carbocycles. The zero-order valence-corrected chi connectivity index (χ0v) is 11.8. The monoisotopic (exact) mass is 289 g/mol. The van der Waals surface area contributed by atoms with Crippen molar-refractivity contribution in [1.29, 1.82) is 0 Å². The van der Waals surface area contributed by atoms with E-state index >= 15 is 0 Å². The van der Waals surface area contributed by atoms with Crippen molar-refractivity contribution in [2.75, 3.05) is 5.75 Å². The molecular weight excluding hydrogens is 274 g/mol. The minimum Gasteiger partial charge on any atom is -0.431 e. The Morgan fingerprint density at radius 1 is 1.35 bits per heavy atom. The molecule has 3 rings (SSSR count). The minimum atomic E-state index is -0.128. The van der Waals surface area contributed by atoms with Crippen LogP contribution in [0.2, 0.25) is 0 Å². The van der Waals surface area contributed by atoms with Crippen LogP contribution in [0.5, 0.6) is 0 Å². The van der Waals surface area contributed by atoms with Gasteiger partial charge >= 0.3 is 0 Å². The van der Waals surface area contributed by atoms with Gasteiger partial charge in [-0.2, -0.15) is 5.10 Å². The van der Waals surface area contributed by atoms with Gasteiger partial charge in [-0.3, -0.25) is 4.79 Å². The number of rotatable bonds is 4. The third-order valence-electron chi connectivity index (χ3n) is 3.12. The number of hydrogen-bond acceptors (Lipinski definition) is 5. The zero-order valence-electron chi connectivity index (χ0n) is 11.0. The summed E-state index contributed by atoms with van der Waals surface area (Å²) in [6.07, 6.45) is 4.34. The van der Waals surface area contributed by atoms with E-state index in [-0.39, 0.29) is 11.7 Å². The maximum atomic E-state index is 11.7. The highest BCUT2D eigenvalue weighted by atomic mass is 32.2. The van der Waals surface area contributed by atoms with Crippen molar-refractivity contribution in [2.24, 2.45) is 5.10 Å². The van der Waals surface area contributed by atoms with Gasteiger partial charge in [0.05, 0.1) is 5.75 Å². The summed E-state index contributed by atoms with van der Waals surface area (Å²) in [5.74, 6) is 0.125. The van der Waals surface area contributed by atoms with E-state index < -0.39 is 0 Å². The normalized spacial score (nSPS) is 14.7. The quantitative estimate of drug-likeness (QED) is 0.694. The van der Waals surface area contributed by atoms with Crippen LogP contribution < -0.4 is 5.43 Å². The Morgan fingerprint density at radius 2 is 2.15 bits per heavy atom. The van der Waals surface area contributed by atoms with Gasteiger partial charge in [0.25, 0.3) is 11.1 Å². The average molecular weight is 289 g/mol. The first-order valence-electron chi connectivity index (χ1n) is 6.64. The molecule has 1 fully saturated rings. The Kier molecular flexibility index (Phi) is 4.01. The van der Waals surface area contributed by atoms with Crippen molar-refractivity contribution in [1.82, 2.24) is 10.4 Å². The van der Waals surface area contributed by atoms with Crippen molar-refractivity contribution in [3.63, 3.8) is 0 Å². The van der Waals surface area contributed by atoms with Crippen molar-refractivity contribution in [3.8, 4) is 0 Å². The number of hydrazone groups is 1. The van der Waals surface area contributed by atoms with E-state index in [2.05, 4.69) is 15.5 Å². The van der Waals surface area contributed by atoms with E-state index in [0.717, 1.165) is 29.7 Å². The Balaban J connectivity index is 1.53. The molecule has 1 aliphatic carbocycles. The average Bonchev–Trinajstić information content (AvgIpc) is 3.11. The lowest BCUT2D eigenvalue weighted by Crippen LogP contribution is -2.20. The van der Waals surface area contributed by atoms with E-state index in [1.165, 1.54) is 24.6 Å². The van der Waals surface area contributed by atoms with E-state index in [0.29, 0.717) is 5.22 Å². The maximum absolute atomic E-state index is 11.7. The van der Waals surface area contributed by atoms with Gasteiger partial charge in [-0.15, -0.1) is 0 Å². The van der Waals surface area contributed by atoms with E-state index in [1.54, 1.807) is 0 Å². The van der Waals surface area contributed by atoms with Gasteiger partial charge < -0.3 is 4.42 Å². The van der Waals surface area contributed by atoms with E-state index in [9.17, 15) is 4.79 Å². The third-order valence-corrected chi connectivity index (χ3v) is 3.95. The van der Waals surface area contributed by atoms with Crippen LogP contribution in [0.15, 0.2) is 39.0 Å². The molecule has 20 heavy (non-hydrogen) atoms. The second-order valence-electron chi connectivity index (χ2n) is 4.66. The molecule has 1 N–H and O–H groups in total. The number of hydrogen-bond donors (Lipinski definition) is 1. The zero-order chi connectivity index (χ0) is 13.8. The predicted molar refractivity (Wildman–Crippen MR) is 78.8 cm³/mol. The first kappa shape index (κ1) is 13.2. The number of para-hydroxylation sites is 2. The lowest BCUT2D eigenvalue weighted by molar-refractivity contribution is -0.118. The van der Waals surface area contributed by atoms with Crippen molar-refractivity contribution >= 4 is 34.5 Å². The molecule has 1 aromatic heterocycles. The molecule has 104 valence electrons. The van der Waals surface area contributed by atoms with Crippen LogP contribution in [0, 0.1) is 0 Å². The number of carbonyl (C=O) groups is 1. The number of oxazole rings is 1. The number of carbonyl (C=O) groups excluding carboxylic acids is 1. The number of fused-ring (bicyclic) bond motifs is 1. The summed E-state index contributed by atoms with van der Waals surface area (Å²) in [5.41, 5.74) is 5.22. The largest absolute Gasteiger partial charge is 0.431 e. The number of aromatic nitrogens is 1. The molecule has 0 saturated heterocycles. The fraction of sp³-hybridized carbons (Fsp3) is 0.357. The number of amides is 1. The number of nitrogens with one attached hydrogen (secondary N) is 1. The molecule has 0 aliphatic heterocycles. The van der Waals surface area contributed by atoms with Crippen molar-refractivity contribution < 1.29 is 9.21 Å². The molecule has 1 heterocycles. The first-order valence-corrected chi connectivity index (χ1v) is 7.62. The highest BCUT2D eigenvalue weighted by molar-refractivity contribution is 7.99. The topological polar surface area (TPSA) is 67.5 Å². The Hall–Kier alpha value is -1.82. The fourth-order valence-electron chi connectivity index (χ4n) is 2.11. The minimum absolute atomic E-state index is 0.128. The number of thioether (sulfide) groups is 1. The smallest absolute Gasteiger partial charge is 0.257 e.